The van der Waals surface area contributed by atoms with E-state index in [4.69, 9.17) is 4.74 Å². The predicted molar refractivity (Wildman–Crippen MR) is 97.2 cm³/mol. The van der Waals surface area contributed by atoms with Gasteiger partial charge in [0.15, 0.2) is 0 Å². The molecule has 0 spiro atoms. The smallest absolute Gasteiger partial charge is 0.409 e. The molecular formula is C18H27N5O3. The SMILES string of the molecule is CCOC(=O)N1CCN(C(=O)c2cnc(N3CCCCCC3)nc2)CC1. The van der Waals surface area contributed by atoms with Crippen LogP contribution < -0.4 is 4.90 Å². The van der Waals surface area contributed by atoms with Crippen LogP contribution in [0.5, 0.6) is 0 Å². The number of ether oxygens (including phenoxy) is 1. The van der Waals surface area contributed by atoms with Gasteiger partial charge in [0.1, 0.15) is 0 Å². The number of rotatable bonds is 3. The number of hydrogen-bond acceptors (Lipinski definition) is 6. The van der Waals surface area contributed by atoms with Crippen molar-refractivity contribution in [1.29, 1.82) is 0 Å². The van der Waals surface area contributed by atoms with E-state index in [1.54, 1.807) is 29.1 Å². The maximum absolute atomic E-state index is 12.6. The largest absolute Gasteiger partial charge is 0.450 e. The third-order valence-corrected chi connectivity index (χ3v) is 4.87. The summed E-state index contributed by atoms with van der Waals surface area (Å²) in [5.74, 6) is 0.617. The lowest BCUT2D eigenvalue weighted by Gasteiger charge is -2.34. The molecule has 0 unspecified atom stereocenters. The molecule has 0 aliphatic carbocycles. The molecule has 2 aliphatic rings. The van der Waals surface area contributed by atoms with Crippen LogP contribution in [0, 0.1) is 0 Å². The van der Waals surface area contributed by atoms with Crippen molar-refractivity contribution in [1.82, 2.24) is 19.8 Å². The van der Waals surface area contributed by atoms with Crippen LogP contribution in [0.25, 0.3) is 0 Å². The number of nitrogens with zero attached hydrogens (tertiary/aromatic N) is 5. The van der Waals surface area contributed by atoms with Crippen molar-refractivity contribution < 1.29 is 14.3 Å². The van der Waals surface area contributed by atoms with Gasteiger partial charge in [-0.3, -0.25) is 4.79 Å². The van der Waals surface area contributed by atoms with Gasteiger partial charge in [-0.25, -0.2) is 14.8 Å². The number of hydrogen-bond donors (Lipinski definition) is 0. The first-order chi connectivity index (χ1) is 12.7. The van der Waals surface area contributed by atoms with Crippen LogP contribution in [-0.4, -0.2) is 77.6 Å². The Labute approximate surface area is 154 Å². The number of amides is 2. The number of carbonyl (C=O) groups is 2. The molecule has 3 rings (SSSR count). The Balaban J connectivity index is 1.56. The normalized spacial score (nSPS) is 18.4. The Bertz CT molecular complexity index is 606. The van der Waals surface area contributed by atoms with Crippen LogP contribution in [0.2, 0.25) is 0 Å². The van der Waals surface area contributed by atoms with Gasteiger partial charge in [0.05, 0.1) is 12.2 Å². The molecule has 2 amide bonds. The number of piperazine rings is 1. The molecule has 0 N–H and O–H groups in total. The number of aromatic nitrogens is 2. The van der Waals surface area contributed by atoms with Gasteiger partial charge >= 0.3 is 6.09 Å². The minimum atomic E-state index is -0.315. The van der Waals surface area contributed by atoms with Crippen molar-refractivity contribution in [2.75, 3.05) is 50.8 Å². The van der Waals surface area contributed by atoms with Gasteiger partial charge in [0, 0.05) is 51.7 Å². The van der Waals surface area contributed by atoms with E-state index in [9.17, 15) is 9.59 Å². The van der Waals surface area contributed by atoms with Crippen LogP contribution >= 0.6 is 0 Å². The fourth-order valence-corrected chi connectivity index (χ4v) is 3.36. The van der Waals surface area contributed by atoms with Gasteiger partial charge in [-0.2, -0.15) is 0 Å². The maximum Gasteiger partial charge on any atom is 0.409 e. The Morgan fingerprint density at radius 1 is 0.923 bits per heavy atom. The molecule has 0 atom stereocenters. The standard InChI is InChI=1S/C18H27N5O3/c1-2-26-18(25)23-11-9-21(10-12-23)16(24)15-13-19-17(20-14-15)22-7-5-3-4-6-8-22/h13-14H,2-12H2,1H3. The van der Waals surface area contributed by atoms with E-state index in [1.165, 1.54) is 12.8 Å². The summed E-state index contributed by atoms with van der Waals surface area (Å²) < 4.78 is 5.00. The molecule has 8 heteroatoms. The summed E-state index contributed by atoms with van der Waals surface area (Å²) in [7, 11) is 0. The van der Waals surface area contributed by atoms with E-state index in [1.807, 2.05) is 0 Å². The molecule has 1 aromatic heterocycles. The third-order valence-electron chi connectivity index (χ3n) is 4.87. The van der Waals surface area contributed by atoms with Gasteiger partial charge in [-0.15, -0.1) is 0 Å². The van der Waals surface area contributed by atoms with Crippen LogP contribution in [0.1, 0.15) is 43.0 Å². The molecule has 0 radical (unpaired) electrons. The molecule has 2 saturated heterocycles. The molecule has 26 heavy (non-hydrogen) atoms. The van der Waals surface area contributed by atoms with Gasteiger partial charge in [0.2, 0.25) is 5.95 Å². The summed E-state index contributed by atoms with van der Waals surface area (Å²) in [6, 6.07) is 0. The van der Waals surface area contributed by atoms with E-state index < -0.39 is 0 Å². The first-order valence-corrected chi connectivity index (χ1v) is 9.47. The fraction of sp³-hybridized carbons (Fsp3) is 0.667. The molecule has 0 saturated carbocycles. The summed E-state index contributed by atoms with van der Waals surface area (Å²) in [4.78, 5) is 38.8. The van der Waals surface area contributed by atoms with Crippen LogP contribution in [0.4, 0.5) is 10.7 Å². The van der Waals surface area contributed by atoms with Crippen LogP contribution in [0.15, 0.2) is 12.4 Å². The van der Waals surface area contributed by atoms with Crippen molar-refractivity contribution in [2.24, 2.45) is 0 Å². The Hall–Kier alpha value is -2.38. The molecule has 2 fully saturated rings. The maximum atomic E-state index is 12.6. The van der Waals surface area contributed by atoms with Crippen LogP contribution in [-0.2, 0) is 4.74 Å². The van der Waals surface area contributed by atoms with E-state index in [2.05, 4.69) is 14.9 Å². The molecule has 0 aromatic carbocycles. The lowest BCUT2D eigenvalue weighted by Crippen LogP contribution is -2.50. The van der Waals surface area contributed by atoms with Crippen molar-refractivity contribution >= 4 is 17.9 Å². The van der Waals surface area contributed by atoms with E-state index in [0.717, 1.165) is 25.9 Å². The average Bonchev–Trinajstić information content (AvgIpc) is 2.97. The fourth-order valence-electron chi connectivity index (χ4n) is 3.36. The van der Waals surface area contributed by atoms with Crippen molar-refractivity contribution in [3.8, 4) is 0 Å². The zero-order valence-corrected chi connectivity index (χ0v) is 15.4. The quantitative estimate of drug-likeness (QED) is 0.816. The van der Waals surface area contributed by atoms with E-state index in [-0.39, 0.29) is 12.0 Å². The van der Waals surface area contributed by atoms with Gasteiger partial charge in [0.25, 0.3) is 5.91 Å². The molecule has 0 bridgehead atoms. The molecule has 2 aliphatic heterocycles. The minimum Gasteiger partial charge on any atom is -0.450 e. The van der Waals surface area contributed by atoms with Crippen molar-refractivity contribution in [2.45, 2.75) is 32.6 Å². The number of anilines is 1. The minimum absolute atomic E-state index is 0.0871. The second kappa shape index (κ2) is 8.82. The Kier molecular flexibility index (Phi) is 6.25. The molecule has 3 heterocycles. The lowest BCUT2D eigenvalue weighted by atomic mass is 10.2. The summed E-state index contributed by atoms with van der Waals surface area (Å²) in [6.07, 6.45) is 7.75. The Morgan fingerprint density at radius 3 is 2.08 bits per heavy atom. The zero-order chi connectivity index (χ0) is 18.4. The highest BCUT2D eigenvalue weighted by molar-refractivity contribution is 5.93. The number of carbonyl (C=O) groups excluding carboxylic acids is 2. The highest BCUT2D eigenvalue weighted by Crippen LogP contribution is 2.16. The van der Waals surface area contributed by atoms with Crippen molar-refractivity contribution in [3.63, 3.8) is 0 Å². The van der Waals surface area contributed by atoms with Gasteiger partial charge in [-0.05, 0) is 19.8 Å². The van der Waals surface area contributed by atoms with E-state index in [0.29, 0.717) is 44.3 Å². The van der Waals surface area contributed by atoms with Crippen molar-refractivity contribution in [3.05, 3.63) is 18.0 Å². The highest BCUT2D eigenvalue weighted by atomic mass is 16.6. The summed E-state index contributed by atoms with van der Waals surface area (Å²) in [5.41, 5.74) is 0.494. The first kappa shape index (κ1) is 18.4. The molecule has 1 aromatic rings. The summed E-state index contributed by atoms with van der Waals surface area (Å²) in [6.45, 7) is 6.05. The monoisotopic (exact) mass is 361 g/mol. The van der Waals surface area contributed by atoms with Gasteiger partial charge < -0.3 is 19.4 Å². The van der Waals surface area contributed by atoms with E-state index >= 15 is 0 Å². The topological polar surface area (TPSA) is 78.9 Å². The second-order valence-electron chi connectivity index (χ2n) is 6.65. The highest BCUT2D eigenvalue weighted by Gasteiger charge is 2.26. The lowest BCUT2D eigenvalue weighted by molar-refractivity contribution is 0.0570. The molecule has 8 nitrogen and oxygen atoms in total. The molecular weight excluding hydrogens is 334 g/mol. The zero-order valence-electron chi connectivity index (χ0n) is 15.4. The summed E-state index contributed by atoms with van der Waals surface area (Å²) >= 11 is 0. The summed E-state index contributed by atoms with van der Waals surface area (Å²) in [5, 5.41) is 0. The second-order valence-corrected chi connectivity index (χ2v) is 6.65. The molecule has 142 valence electrons. The first-order valence-electron chi connectivity index (χ1n) is 9.47. The Morgan fingerprint density at radius 2 is 1.50 bits per heavy atom. The predicted octanol–water partition coefficient (Wildman–Crippen LogP) is 1.77. The van der Waals surface area contributed by atoms with Crippen LogP contribution in [0.3, 0.4) is 0 Å². The van der Waals surface area contributed by atoms with Gasteiger partial charge in [-0.1, -0.05) is 12.8 Å². The third kappa shape index (κ3) is 4.42. The average molecular weight is 361 g/mol.